The number of hydrogen-bond donors (Lipinski definition) is 1. The van der Waals surface area contributed by atoms with Crippen molar-refractivity contribution in [2.45, 2.75) is 13.0 Å². The van der Waals surface area contributed by atoms with Gasteiger partial charge in [-0.2, -0.15) is 0 Å². The highest BCUT2D eigenvalue weighted by molar-refractivity contribution is 6.30. The number of aromatic nitrogens is 1. The molecule has 0 radical (unpaired) electrons. The number of rotatable bonds is 2. The fourth-order valence-corrected chi connectivity index (χ4v) is 2.10. The lowest BCUT2D eigenvalue weighted by Gasteiger charge is -2.25. The normalized spacial score (nSPS) is 16.4. The van der Waals surface area contributed by atoms with E-state index in [1.54, 1.807) is 18.2 Å². The van der Waals surface area contributed by atoms with E-state index in [4.69, 9.17) is 21.1 Å². The lowest BCUT2D eigenvalue weighted by molar-refractivity contribution is -0.125. The second kappa shape index (κ2) is 5.61. The number of carbonyl (C=O) groups excluding carboxylic acids is 1. The van der Waals surface area contributed by atoms with E-state index in [0.717, 1.165) is 5.56 Å². The lowest BCUT2D eigenvalue weighted by Crippen LogP contribution is -2.40. The molecule has 1 unspecified atom stereocenters. The summed E-state index contributed by atoms with van der Waals surface area (Å²) in [5.74, 6) is 0.924. The molecule has 0 aliphatic carbocycles. The number of anilines is 1. The smallest absolute Gasteiger partial charge is 0.269 e. The molecule has 1 aliphatic rings. The molecule has 0 spiro atoms. The van der Waals surface area contributed by atoms with Crippen molar-refractivity contribution in [3.05, 3.63) is 47.2 Å². The monoisotopic (exact) mass is 304 g/mol. The van der Waals surface area contributed by atoms with Crippen LogP contribution in [0.3, 0.4) is 0 Å². The standard InChI is InChI=1S/C15H13ClN2O3/c1-9-6-10(7-17-14(9)16)18-15(19)13-8-20-11-4-2-3-5-12(11)21-13/h2-7,13H,8H2,1H3,(H,18,19). The maximum atomic E-state index is 12.2. The van der Waals surface area contributed by atoms with Gasteiger partial charge in [0.25, 0.3) is 5.91 Å². The summed E-state index contributed by atoms with van der Waals surface area (Å²) < 4.78 is 11.2. The molecule has 1 amide bonds. The molecule has 1 aromatic heterocycles. The fourth-order valence-electron chi connectivity index (χ4n) is 2.00. The van der Waals surface area contributed by atoms with Crippen LogP contribution >= 0.6 is 11.6 Å². The Morgan fingerprint density at radius 1 is 1.38 bits per heavy atom. The highest BCUT2D eigenvalue weighted by Gasteiger charge is 2.27. The Morgan fingerprint density at radius 3 is 2.90 bits per heavy atom. The number of halogens is 1. The van der Waals surface area contributed by atoms with Gasteiger partial charge < -0.3 is 14.8 Å². The number of benzene rings is 1. The number of nitrogens with one attached hydrogen (secondary N) is 1. The third kappa shape index (κ3) is 2.92. The third-order valence-electron chi connectivity index (χ3n) is 3.08. The number of para-hydroxylation sites is 2. The van der Waals surface area contributed by atoms with Crippen LogP contribution in [-0.4, -0.2) is 23.6 Å². The zero-order valence-corrected chi connectivity index (χ0v) is 12.1. The molecule has 0 fully saturated rings. The molecule has 0 saturated carbocycles. The van der Waals surface area contributed by atoms with Gasteiger partial charge in [-0.25, -0.2) is 4.98 Å². The van der Waals surface area contributed by atoms with Crippen molar-refractivity contribution in [1.29, 1.82) is 0 Å². The molecule has 2 aromatic rings. The first-order chi connectivity index (χ1) is 10.1. The Balaban J connectivity index is 1.70. The fraction of sp³-hybridized carbons (Fsp3) is 0.200. The topological polar surface area (TPSA) is 60.5 Å². The van der Waals surface area contributed by atoms with Gasteiger partial charge >= 0.3 is 0 Å². The second-order valence-corrected chi connectivity index (χ2v) is 5.04. The van der Waals surface area contributed by atoms with Gasteiger partial charge in [0.05, 0.1) is 11.9 Å². The molecule has 0 saturated heterocycles. The molecular formula is C15H13ClN2O3. The van der Waals surface area contributed by atoms with E-state index in [1.165, 1.54) is 6.20 Å². The van der Waals surface area contributed by atoms with Crippen molar-refractivity contribution in [1.82, 2.24) is 4.98 Å². The number of fused-ring (bicyclic) bond motifs is 1. The van der Waals surface area contributed by atoms with E-state index < -0.39 is 6.10 Å². The predicted octanol–water partition coefficient (Wildman–Crippen LogP) is 2.82. The quantitative estimate of drug-likeness (QED) is 0.867. The van der Waals surface area contributed by atoms with Gasteiger partial charge in [-0.3, -0.25) is 4.79 Å². The van der Waals surface area contributed by atoms with E-state index in [2.05, 4.69) is 10.3 Å². The largest absolute Gasteiger partial charge is 0.485 e. The summed E-state index contributed by atoms with van der Waals surface area (Å²) in [5, 5.41) is 3.16. The Kier molecular flexibility index (Phi) is 3.66. The summed E-state index contributed by atoms with van der Waals surface area (Å²) in [7, 11) is 0. The molecule has 3 rings (SSSR count). The predicted molar refractivity (Wildman–Crippen MR) is 79.0 cm³/mol. The first-order valence-corrected chi connectivity index (χ1v) is 6.83. The zero-order valence-electron chi connectivity index (χ0n) is 11.3. The SMILES string of the molecule is Cc1cc(NC(=O)C2COc3ccccc3O2)cnc1Cl. The van der Waals surface area contributed by atoms with E-state index in [-0.39, 0.29) is 12.5 Å². The molecule has 1 aliphatic heterocycles. The van der Waals surface area contributed by atoms with Gasteiger partial charge in [-0.05, 0) is 30.7 Å². The molecule has 1 atom stereocenters. The maximum Gasteiger partial charge on any atom is 0.269 e. The Morgan fingerprint density at radius 2 is 2.14 bits per heavy atom. The Labute approximate surface area is 126 Å². The van der Waals surface area contributed by atoms with Crippen LogP contribution in [0.15, 0.2) is 36.5 Å². The highest BCUT2D eigenvalue weighted by atomic mass is 35.5. The van der Waals surface area contributed by atoms with Gasteiger partial charge in [0.15, 0.2) is 11.5 Å². The van der Waals surface area contributed by atoms with Crippen LogP contribution in [0.1, 0.15) is 5.56 Å². The van der Waals surface area contributed by atoms with Gasteiger partial charge in [-0.1, -0.05) is 23.7 Å². The lowest BCUT2D eigenvalue weighted by atomic mass is 10.2. The van der Waals surface area contributed by atoms with E-state index >= 15 is 0 Å². The summed E-state index contributed by atoms with van der Waals surface area (Å²) >= 11 is 5.85. The molecular weight excluding hydrogens is 292 g/mol. The van der Waals surface area contributed by atoms with Gasteiger partial charge in [0.1, 0.15) is 11.8 Å². The highest BCUT2D eigenvalue weighted by Crippen LogP contribution is 2.31. The van der Waals surface area contributed by atoms with Crippen LogP contribution in [0.4, 0.5) is 5.69 Å². The van der Waals surface area contributed by atoms with Crippen LogP contribution in [0.2, 0.25) is 5.15 Å². The molecule has 6 heteroatoms. The number of pyridine rings is 1. The Bertz CT molecular complexity index is 690. The minimum atomic E-state index is -0.698. The summed E-state index contributed by atoms with van der Waals surface area (Å²) in [4.78, 5) is 16.2. The second-order valence-electron chi connectivity index (χ2n) is 4.69. The van der Waals surface area contributed by atoms with Crippen LogP contribution in [-0.2, 0) is 4.79 Å². The Hall–Kier alpha value is -2.27. The first-order valence-electron chi connectivity index (χ1n) is 6.45. The zero-order chi connectivity index (χ0) is 14.8. The van der Waals surface area contributed by atoms with E-state index in [0.29, 0.717) is 22.3 Å². The van der Waals surface area contributed by atoms with E-state index in [1.807, 2.05) is 19.1 Å². The van der Waals surface area contributed by atoms with Crippen molar-refractivity contribution < 1.29 is 14.3 Å². The number of nitrogens with zero attached hydrogens (tertiary/aromatic N) is 1. The van der Waals surface area contributed by atoms with Crippen LogP contribution in [0.5, 0.6) is 11.5 Å². The number of ether oxygens (including phenoxy) is 2. The molecule has 1 N–H and O–H groups in total. The van der Waals surface area contributed by atoms with Crippen LogP contribution < -0.4 is 14.8 Å². The minimum absolute atomic E-state index is 0.169. The molecule has 1 aromatic carbocycles. The van der Waals surface area contributed by atoms with Crippen LogP contribution in [0, 0.1) is 6.92 Å². The van der Waals surface area contributed by atoms with Crippen molar-refractivity contribution in [2.75, 3.05) is 11.9 Å². The number of carbonyl (C=O) groups is 1. The number of aryl methyl sites for hydroxylation is 1. The maximum absolute atomic E-state index is 12.2. The minimum Gasteiger partial charge on any atom is -0.485 e. The number of amides is 1. The average molecular weight is 305 g/mol. The molecule has 108 valence electrons. The summed E-state index contributed by atoms with van der Waals surface area (Å²) in [6, 6.07) is 9.00. The van der Waals surface area contributed by atoms with Crippen molar-refractivity contribution in [3.63, 3.8) is 0 Å². The molecule has 21 heavy (non-hydrogen) atoms. The van der Waals surface area contributed by atoms with Gasteiger partial charge in [0, 0.05) is 0 Å². The van der Waals surface area contributed by atoms with E-state index in [9.17, 15) is 4.79 Å². The average Bonchev–Trinajstić information content (AvgIpc) is 2.50. The summed E-state index contributed by atoms with van der Waals surface area (Å²) in [6.07, 6.45) is 0.807. The van der Waals surface area contributed by atoms with Crippen molar-refractivity contribution in [2.24, 2.45) is 0 Å². The first kappa shape index (κ1) is 13.7. The van der Waals surface area contributed by atoms with Crippen molar-refractivity contribution in [3.8, 4) is 11.5 Å². The van der Waals surface area contributed by atoms with Gasteiger partial charge in [0.2, 0.25) is 6.10 Å². The van der Waals surface area contributed by atoms with Crippen molar-refractivity contribution >= 4 is 23.2 Å². The summed E-state index contributed by atoms with van der Waals surface area (Å²) in [5.41, 5.74) is 1.37. The van der Waals surface area contributed by atoms with Gasteiger partial charge in [-0.15, -0.1) is 0 Å². The van der Waals surface area contributed by atoms with Crippen LogP contribution in [0.25, 0.3) is 0 Å². The third-order valence-corrected chi connectivity index (χ3v) is 3.48. The molecule has 2 heterocycles. The number of hydrogen-bond acceptors (Lipinski definition) is 4. The molecule has 0 bridgehead atoms. The summed E-state index contributed by atoms with van der Waals surface area (Å²) in [6.45, 7) is 1.99. The molecule has 5 nitrogen and oxygen atoms in total.